The predicted octanol–water partition coefficient (Wildman–Crippen LogP) is 2.32. The maximum Gasteiger partial charge on any atom is 0.330 e. The summed E-state index contributed by atoms with van der Waals surface area (Å²) in [4.78, 5) is 24.1. The molecule has 1 amide bonds. The molecular formula is C15H15NO3S. The zero-order valence-corrected chi connectivity index (χ0v) is 11.9. The number of hydrogen-bond acceptors (Lipinski definition) is 4. The van der Waals surface area contributed by atoms with E-state index in [1.165, 1.54) is 11.3 Å². The van der Waals surface area contributed by atoms with Crippen molar-refractivity contribution >= 4 is 23.2 Å². The molecule has 20 heavy (non-hydrogen) atoms. The van der Waals surface area contributed by atoms with E-state index in [0.29, 0.717) is 5.75 Å². The number of carbonyl (C=O) groups is 2. The number of ether oxygens (including phenoxy) is 1. The lowest BCUT2D eigenvalue weighted by Gasteiger charge is -2.06. The molecule has 1 aromatic carbocycles. The van der Waals surface area contributed by atoms with Gasteiger partial charge in [0.25, 0.3) is 0 Å². The Kier molecular flexibility index (Phi) is 4.90. The van der Waals surface area contributed by atoms with Crippen LogP contribution >= 0.6 is 11.3 Å². The van der Waals surface area contributed by atoms with Crippen molar-refractivity contribution in [1.29, 1.82) is 0 Å². The van der Waals surface area contributed by atoms with E-state index < -0.39 is 5.97 Å². The summed E-state index contributed by atoms with van der Waals surface area (Å²) in [5, 5.41) is 4.46. The van der Waals surface area contributed by atoms with Gasteiger partial charge in [-0.3, -0.25) is 4.79 Å². The average molecular weight is 289 g/mol. The van der Waals surface area contributed by atoms with Crippen molar-refractivity contribution < 1.29 is 14.3 Å². The standard InChI is InChI=1S/C15H15NO3S/c1-11-4-6-12(7-5-11)19-15(18)10-16-14(17)9-13-3-2-8-20-13/h2-8H,9-10H2,1H3,(H,16,17). The van der Waals surface area contributed by atoms with Crippen LogP contribution in [-0.4, -0.2) is 18.4 Å². The summed E-state index contributed by atoms with van der Waals surface area (Å²) in [6, 6.07) is 10.9. The van der Waals surface area contributed by atoms with E-state index >= 15 is 0 Å². The Morgan fingerprint density at radius 2 is 1.95 bits per heavy atom. The number of amides is 1. The molecule has 0 aliphatic rings. The van der Waals surface area contributed by atoms with Crippen molar-refractivity contribution in [1.82, 2.24) is 5.32 Å². The predicted molar refractivity (Wildman–Crippen MR) is 77.8 cm³/mol. The lowest BCUT2D eigenvalue weighted by molar-refractivity contribution is -0.135. The number of rotatable bonds is 5. The highest BCUT2D eigenvalue weighted by Gasteiger charge is 2.08. The summed E-state index contributed by atoms with van der Waals surface area (Å²) in [6.07, 6.45) is 0.287. The molecule has 0 fully saturated rings. The number of benzene rings is 1. The Balaban J connectivity index is 1.74. The van der Waals surface area contributed by atoms with Crippen LogP contribution in [-0.2, 0) is 16.0 Å². The summed E-state index contributed by atoms with van der Waals surface area (Å²) in [6.45, 7) is 1.83. The fourth-order valence-electron chi connectivity index (χ4n) is 1.58. The molecule has 1 aromatic heterocycles. The Morgan fingerprint density at radius 1 is 1.20 bits per heavy atom. The molecule has 0 unspecified atom stereocenters. The van der Waals surface area contributed by atoms with E-state index in [1.54, 1.807) is 12.1 Å². The Morgan fingerprint density at radius 3 is 2.60 bits per heavy atom. The van der Waals surface area contributed by atoms with Crippen molar-refractivity contribution in [2.45, 2.75) is 13.3 Å². The molecule has 0 saturated heterocycles. The lowest BCUT2D eigenvalue weighted by atomic mass is 10.2. The van der Waals surface area contributed by atoms with Crippen LogP contribution in [0.4, 0.5) is 0 Å². The largest absolute Gasteiger partial charge is 0.425 e. The summed E-state index contributed by atoms with van der Waals surface area (Å²) in [5.74, 6) is -0.185. The second-order valence-electron chi connectivity index (χ2n) is 4.32. The van der Waals surface area contributed by atoms with E-state index in [1.807, 2.05) is 36.6 Å². The van der Waals surface area contributed by atoms with Crippen LogP contribution in [0.15, 0.2) is 41.8 Å². The maximum atomic E-state index is 11.6. The van der Waals surface area contributed by atoms with Crippen molar-refractivity contribution in [3.63, 3.8) is 0 Å². The van der Waals surface area contributed by atoms with Crippen molar-refractivity contribution in [2.75, 3.05) is 6.54 Å². The lowest BCUT2D eigenvalue weighted by Crippen LogP contribution is -2.32. The van der Waals surface area contributed by atoms with Gasteiger partial charge >= 0.3 is 5.97 Å². The van der Waals surface area contributed by atoms with E-state index in [0.717, 1.165) is 10.4 Å². The third kappa shape index (κ3) is 4.51. The molecule has 2 rings (SSSR count). The third-order valence-electron chi connectivity index (χ3n) is 2.60. The summed E-state index contributed by atoms with van der Waals surface area (Å²) in [5.41, 5.74) is 1.09. The summed E-state index contributed by atoms with van der Waals surface area (Å²) >= 11 is 1.51. The topological polar surface area (TPSA) is 55.4 Å². The molecule has 0 spiro atoms. The van der Waals surface area contributed by atoms with Gasteiger partial charge in [0.15, 0.2) is 0 Å². The number of nitrogens with one attached hydrogen (secondary N) is 1. The van der Waals surface area contributed by atoms with Crippen LogP contribution in [0, 0.1) is 6.92 Å². The molecule has 1 N–H and O–H groups in total. The van der Waals surface area contributed by atoms with Crippen molar-refractivity contribution in [2.24, 2.45) is 0 Å². The van der Waals surface area contributed by atoms with Crippen LogP contribution < -0.4 is 10.1 Å². The highest BCUT2D eigenvalue weighted by molar-refractivity contribution is 7.10. The number of thiophene rings is 1. The third-order valence-corrected chi connectivity index (χ3v) is 3.47. The summed E-state index contributed by atoms with van der Waals surface area (Å²) < 4.78 is 5.10. The van der Waals surface area contributed by atoms with Crippen molar-refractivity contribution in [3.8, 4) is 5.75 Å². The second-order valence-corrected chi connectivity index (χ2v) is 5.35. The van der Waals surface area contributed by atoms with Crippen LogP contribution in [0.25, 0.3) is 0 Å². The van der Waals surface area contributed by atoms with E-state index in [9.17, 15) is 9.59 Å². The zero-order valence-electron chi connectivity index (χ0n) is 11.1. The van der Waals surface area contributed by atoms with Gasteiger partial charge in [-0.2, -0.15) is 0 Å². The molecule has 4 nitrogen and oxygen atoms in total. The number of aryl methyl sites for hydroxylation is 1. The fraction of sp³-hybridized carbons (Fsp3) is 0.200. The van der Waals surface area contributed by atoms with Gasteiger partial charge in [-0.1, -0.05) is 23.8 Å². The van der Waals surface area contributed by atoms with E-state index in [2.05, 4.69) is 5.32 Å². The molecule has 104 valence electrons. The van der Waals surface area contributed by atoms with E-state index in [-0.39, 0.29) is 18.9 Å². The fourth-order valence-corrected chi connectivity index (χ4v) is 2.28. The summed E-state index contributed by atoms with van der Waals surface area (Å²) in [7, 11) is 0. The first kappa shape index (κ1) is 14.3. The average Bonchev–Trinajstić information content (AvgIpc) is 2.92. The minimum Gasteiger partial charge on any atom is -0.425 e. The van der Waals surface area contributed by atoms with Crippen LogP contribution in [0.1, 0.15) is 10.4 Å². The Bertz CT molecular complexity index is 576. The highest BCUT2D eigenvalue weighted by atomic mass is 32.1. The molecule has 5 heteroatoms. The van der Waals surface area contributed by atoms with Gasteiger partial charge in [-0.05, 0) is 30.5 Å². The molecule has 0 aliphatic carbocycles. The monoisotopic (exact) mass is 289 g/mol. The first-order valence-corrected chi connectivity index (χ1v) is 7.08. The molecule has 0 bridgehead atoms. The number of esters is 1. The van der Waals surface area contributed by atoms with Crippen LogP contribution in [0.3, 0.4) is 0 Å². The van der Waals surface area contributed by atoms with Crippen LogP contribution in [0.2, 0.25) is 0 Å². The SMILES string of the molecule is Cc1ccc(OC(=O)CNC(=O)Cc2cccs2)cc1. The normalized spacial score (nSPS) is 10.1. The quantitative estimate of drug-likeness (QED) is 0.679. The zero-order chi connectivity index (χ0) is 14.4. The van der Waals surface area contributed by atoms with E-state index in [4.69, 9.17) is 4.74 Å². The van der Waals surface area contributed by atoms with Crippen molar-refractivity contribution in [3.05, 3.63) is 52.2 Å². The molecule has 0 saturated carbocycles. The van der Waals surface area contributed by atoms with Crippen LogP contribution in [0.5, 0.6) is 5.75 Å². The molecule has 0 radical (unpaired) electrons. The highest BCUT2D eigenvalue weighted by Crippen LogP contribution is 2.11. The first-order chi connectivity index (χ1) is 9.63. The molecule has 0 aliphatic heterocycles. The van der Waals surface area contributed by atoms with Gasteiger partial charge in [-0.25, -0.2) is 4.79 Å². The minimum atomic E-state index is -0.478. The second kappa shape index (κ2) is 6.86. The van der Waals surface area contributed by atoms with Gasteiger partial charge in [0, 0.05) is 4.88 Å². The molecule has 1 heterocycles. The number of hydrogen-bond donors (Lipinski definition) is 1. The number of carbonyl (C=O) groups excluding carboxylic acids is 2. The van der Waals surface area contributed by atoms with Gasteiger partial charge in [0.2, 0.25) is 5.91 Å². The molecule has 0 atom stereocenters. The molecular weight excluding hydrogens is 274 g/mol. The minimum absolute atomic E-state index is 0.127. The smallest absolute Gasteiger partial charge is 0.330 e. The Labute approximate surface area is 121 Å². The van der Waals surface area contributed by atoms with Gasteiger partial charge in [0.05, 0.1) is 6.42 Å². The Hall–Kier alpha value is -2.14. The maximum absolute atomic E-state index is 11.6. The van der Waals surface area contributed by atoms with Gasteiger partial charge in [-0.15, -0.1) is 11.3 Å². The van der Waals surface area contributed by atoms with Gasteiger partial charge < -0.3 is 10.1 Å². The molecule has 2 aromatic rings. The van der Waals surface area contributed by atoms with Gasteiger partial charge in [0.1, 0.15) is 12.3 Å². The first-order valence-electron chi connectivity index (χ1n) is 6.20.